The maximum absolute atomic E-state index is 0. The molecule has 5 heteroatoms. The molecule has 5 heavy (non-hydrogen) atoms. The van der Waals surface area contributed by atoms with Gasteiger partial charge in [0.15, 0.2) is 0 Å². The Hall–Kier alpha value is 3.12. The Bertz CT molecular complexity index is 6.85. The van der Waals surface area contributed by atoms with Gasteiger partial charge < -0.3 is 51.2 Å². The van der Waals surface area contributed by atoms with Crippen LogP contribution in [0.1, 0.15) is 0 Å². The van der Waals surface area contributed by atoms with E-state index in [1.165, 1.54) is 0 Å². The Morgan fingerprint density at radius 1 is 0.600 bits per heavy atom. The first-order valence-corrected chi connectivity index (χ1v) is 0. The standard InChI is InChI=1S/Mg.3Se.Sn/q+2;3*-2;+4. The van der Waals surface area contributed by atoms with Crippen LogP contribution in [-0.4, -0.2) is 98.2 Å². The van der Waals surface area contributed by atoms with Crippen LogP contribution in [0.25, 0.3) is 0 Å². The third-order valence-corrected chi connectivity index (χ3v) is 0. The van der Waals surface area contributed by atoms with E-state index in [1.807, 2.05) is 0 Å². The zero-order valence-electron chi connectivity index (χ0n) is 2.43. The van der Waals surface area contributed by atoms with E-state index in [0.717, 1.165) is 0 Å². The van der Waals surface area contributed by atoms with Crippen molar-refractivity contribution in [2.24, 2.45) is 0 Å². The molecule has 0 nitrogen and oxygen atoms in total. The minimum atomic E-state index is 0. The molecule has 0 aliphatic carbocycles. The quantitative estimate of drug-likeness (QED) is 0.431. The molecule has 0 heterocycles. The summed E-state index contributed by atoms with van der Waals surface area (Å²) in [5.41, 5.74) is 0. The summed E-state index contributed by atoms with van der Waals surface area (Å²) < 4.78 is 0. The third-order valence-electron chi connectivity index (χ3n) is 0. The molecule has 0 unspecified atom stereocenters. The molecule has 0 rings (SSSR count). The zero-order valence-corrected chi connectivity index (χ0v) is 11.8. The summed E-state index contributed by atoms with van der Waals surface area (Å²) in [6.07, 6.45) is 0. The van der Waals surface area contributed by atoms with Gasteiger partial charge in [-0.1, -0.05) is 0 Å². The molecule has 0 aromatic heterocycles. The van der Waals surface area contributed by atoms with Gasteiger partial charge >= 0.3 is 47.0 Å². The van der Waals surface area contributed by atoms with Crippen LogP contribution in [0.3, 0.4) is 0 Å². The molecule has 0 aliphatic rings. The zero-order chi connectivity index (χ0) is 0. The normalized spacial score (nSPS) is 0. The Labute approximate surface area is 96.5 Å². The fourth-order valence-corrected chi connectivity index (χ4v) is 0. The van der Waals surface area contributed by atoms with Gasteiger partial charge in [-0.05, 0) is 0 Å². The van der Waals surface area contributed by atoms with Gasteiger partial charge in [-0.15, -0.1) is 0 Å². The molecule has 0 bridgehead atoms. The summed E-state index contributed by atoms with van der Waals surface area (Å²) in [6, 6.07) is 0. The van der Waals surface area contributed by atoms with E-state index in [4.69, 9.17) is 0 Å². The molecular formula is MgSe3Sn. The molecule has 0 fully saturated rings. The van der Waals surface area contributed by atoms with Crippen molar-refractivity contribution in [2.75, 3.05) is 0 Å². The average Bonchev–Trinajstić information content (AvgIpc) is 0. The van der Waals surface area contributed by atoms with E-state index in [-0.39, 0.29) is 98.2 Å². The molecular weight excluding hydrogens is 380 g/mol. The minimum Gasteiger partial charge on any atom is -2.00 e. The molecule has 0 amide bonds. The van der Waals surface area contributed by atoms with Crippen molar-refractivity contribution in [1.82, 2.24) is 0 Å². The van der Waals surface area contributed by atoms with E-state index < -0.39 is 0 Å². The molecule has 0 N–H and O–H groups in total. The van der Waals surface area contributed by atoms with E-state index in [0.29, 0.717) is 0 Å². The van der Waals surface area contributed by atoms with Crippen molar-refractivity contribution in [3.63, 3.8) is 0 Å². The van der Waals surface area contributed by atoms with Gasteiger partial charge in [0.25, 0.3) is 0 Å². The first kappa shape index (κ1) is 42.3. The molecule has 0 aromatic rings. The van der Waals surface area contributed by atoms with Gasteiger partial charge in [0.1, 0.15) is 0 Å². The molecule has 0 saturated heterocycles. The predicted molar refractivity (Wildman–Crippen MR) is 28.8 cm³/mol. The predicted octanol–water partition coefficient (Wildman–Crippen LogP) is -1.90. The van der Waals surface area contributed by atoms with Crippen LogP contribution in [0.15, 0.2) is 0 Å². The number of hydrogen-bond donors (Lipinski definition) is 0. The summed E-state index contributed by atoms with van der Waals surface area (Å²) in [6.45, 7) is 0. The van der Waals surface area contributed by atoms with E-state index in [1.54, 1.807) is 0 Å². The van der Waals surface area contributed by atoms with Gasteiger partial charge in [-0.25, -0.2) is 0 Å². The second-order valence-electron chi connectivity index (χ2n) is 0. The van der Waals surface area contributed by atoms with Crippen LogP contribution in [0.2, 0.25) is 0 Å². The van der Waals surface area contributed by atoms with Crippen LogP contribution in [0.5, 0.6) is 0 Å². The molecule has 0 atom stereocenters. The first-order valence-electron chi connectivity index (χ1n) is 0. The van der Waals surface area contributed by atoms with Crippen LogP contribution >= 0.6 is 0 Å². The van der Waals surface area contributed by atoms with Gasteiger partial charge in [0.05, 0.1) is 0 Å². The fourth-order valence-electron chi connectivity index (χ4n) is 0. The SMILES string of the molecule is [Mg+2].[Se-2].[Se-2].[Se-2].[Sn+4]. The topological polar surface area (TPSA) is 0 Å². The summed E-state index contributed by atoms with van der Waals surface area (Å²) in [4.78, 5) is 0. The van der Waals surface area contributed by atoms with Crippen LogP contribution in [0, 0.1) is 0 Å². The third kappa shape index (κ3) is 19.2. The van der Waals surface area contributed by atoms with Crippen molar-refractivity contribution in [3.8, 4) is 0 Å². The maximum atomic E-state index is 0. The summed E-state index contributed by atoms with van der Waals surface area (Å²) in [5.74, 6) is 0. The van der Waals surface area contributed by atoms with Gasteiger partial charge in [-0.2, -0.15) is 0 Å². The Balaban J connectivity index is 0. The van der Waals surface area contributed by atoms with Crippen LogP contribution < -0.4 is 0 Å². The summed E-state index contributed by atoms with van der Waals surface area (Å²) in [7, 11) is 0. The molecule has 0 saturated carbocycles. The molecule has 0 aliphatic heterocycles. The van der Waals surface area contributed by atoms with Crippen molar-refractivity contribution < 1.29 is 0 Å². The Morgan fingerprint density at radius 3 is 0.600 bits per heavy atom. The van der Waals surface area contributed by atoms with Gasteiger partial charge in [-0.3, -0.25) is 0 Å². The number of rotatable bonds is 0. The Morgan fingerprint density at radius 2 is 0.600 bits per heavy atom. The van der Waals surface area contributed by atoms with E-state index >= 15 is 0 Å². The van der Waals surface area contributed by atoms with Crippen LogP contribution in [-0.2, 0) is 0 Å². The second kappa shape index (κ2) is 27.4. The second-order valence-corrected chi connectivity index (χ2v) is 0. The summed E-state index contributed by atoms with van der Waals surface area (Å²) >= 11 is 0. The average molecular weight is 380 g/mol. The maximum Gasteiger partial charge on any atom is 4.00 e. The smallest absolute Gasteiger partial charge is 2.00 e. The fraction of sp³-hybridized carbons (Fsp3) is 0. The van der Waals surface area contributed by atoms with Gasteiger partial charge in [0.2, 0.25) is 0 Å². The van der Waals surface area contributed by atoms with Crippen molar-refractivity contribution in [3.05, 3.63) is 0 Å². The molecule has 0 spiro atoms. The number of hydrogen-bond acceptors (Lipinski definition) is 0. The Kier molecular flexibility index (Phi) is 231. The van der Waals surface area contributed by atoms with Crippen molar-refractivity contribution >= 4 is 98.2 Å². The van der Waals surface area contributed by atoms with Gasteiger partial charge in [0, 0.05) is 0 Å². The molecule has 0 radical (unpaired) electrons. The first-order chi connectivity index (χ1) is 0. The van der Waals surface area contributed by atoms with E-state index in [9.17, 15) is 0 Å². The minimum absolute atomic E-state index is 0. The van der Waals surface area contributed by atoms with Crippen molar-refractivity contribution in [2.45, 2.75) is 0 Å². The van der Waals surface area contributed by atoms with Crippen molar-refractivity contribution in [1.29, 1.82) is 0 Å². The summed E-state index contributed by atoms with van der Waals surface area (Å²) in [5, 5.41) is 0. The monoisotopic (exact) mass is 384 g/mol. The molecule has 24 valence electrons. The molecule has 0 aromatic carbocycles. The van der Waals surface area contributed by atoms with Crippen LogP contribution in [0.4, 0.5) is 0 Å². The largest absolute Gasteiger partial charge is 4.00 e. The van der Waals surface area contributed by atoms with E-state index in [2.05, 4.69) is 0 Å².